The van der Waals surface area contributed by atoms with Crippen LogP contribution in [0.3, 0.4) is 0 Å². The van der Waals surface area contributed by atoms with E-state index in [-0.39, 0.29) is 11.9 Å². The lowest BCUT2D eigenvalue weighted by atomic mass is 10.1. The molecule has 2 aliphatic rings. The lowest BCUT2D eigenvalue weighted by Gasteiger charge is -2.42. The first-order valence-corrected chi connectivity index (χ1v) is 9.13. The summed E-state index contributed by atoms with van der Waals surface area (Å²) in [6, 6.07) is 12.1. The van der Waals surface area contributed by atoms with Crippen molar-refractivity contribution in [3.63, 3.8) is 0 Å². The van der Waals surface area contributed by atoms with Gasteiger partial charge in [0.2, 0.25) is 0 Å². The highest BCUT2D eigenvalue weighted by Crippen LogP contribution is 2.26. The van der Waals surface area contributed by atoms with Crippen LogP contribution in [0.2, 0.25) is 0 Å². The quantitative estimate of drug-likeness (QED) is 0.924. The van der Waals surface area contributed by atoms with Crippen molar-refractivity contribution in [2.75, 3.05) is 19.6 Å². The Morgan fingerprint density at radius 3 is 2.76 bits per heavy atom. The fourth-order valence-electron chi connectivity index (χ4n) is 4.26. The molecule has 0 aliphatic carbocycles. The number of hydrogen-bond acceptors (Lipinski definition) is 3. The van der Waals surface area contributed by atoms with Gasteiger partial charge in [-0.05, 0) is 31.5 Å². The molecule has 2 fully saturated rings. The molecule has 25 heavy (non-hydrogen) atoms. The summed E-state index contributed by atoms with van der Waals surface area (Å²) in [7, 11) is 0. The molecule has 1 aromatic carbocycles. The number of halogens is 1. The maximum atomic E-state index is 14.0. The van der Waals surface area contributed by atoms with Crippen LogP contribution in [0.15, 0.2) is 42.6 Å². The van der Waals surface area contributed by atoms with E-state index in [1.54, 1.807) is 6.07 Å². The third-order valence-corrected chi connectivity index (χ3v) is 5.66. The van der Waals surface area contributed by atoms with Crippen molar-refractivity contribution in [1.29, 1.82) is 0 Å². The molecule has 2 saturated heterocycles. The number of aliphatic hydroxyl groups excluding tert-OH is 1. The average molecular weight is 343 g/mol. The van der Waals surface area contributed by atoms with Gasteiger partial charge in [-0.2, -0.15) is 0 Å². The lowest BCUT2D eigenvalue weighted by molar-refractivity contribution is 0.0513. The fourth-order valence-corrected chi connectivity index (χ4v) is 4.26. The van der Waals surface area contributed by atoms with Gasteiger partial charge in [0, 0.05) is 55.7 Å². The van der Waals surface area contributed by atoms with E-state index < -0.39 is 0 Å². The molecule has 0 amide bonds. The molecule has 4 rings (SSSR count). The zero-order valence-corrected chi connectivity index (χ0v) is 14.7. The number of fused-ring (bicyclic) bond motifs is 1. The fraction of sp³-hybridized carbons (Fsp3) is 0.500. The predicted molar refractivity (Wildman–Crippen MR) is 95.8 cm³/mol. The number of rotatable bonds is 4. The lowest BCUT2D eigenvalue weighted by Crippen LogP contribution is -2.54. The van der Waals surface area contributed by atoms with Crippen molar-refractivity contribution in [3.8, 4) is 0 Å². The number of aromatic nitrogens is 1. The van der Waals surface area contributed by atoms with Crippen molar-refractivity contribution >= 4 is 0 Å². The molecule has 4 nitrogen and oxygen atoms in total. The number of benzene rings is 1. The molecule has 3 atom stereocenters. The number of hydrogen-bond donors (Lipinski definition) is 1. The van der Waals surface area contributed by atoms with Gasteiger partial charge in [-0.25, -0.2) is 4.39 Å². The number of piperazine rings is 1. The molecule has 2 aromatic rings. The van der Waals surface area contributed by atoms with E-state index in [9.17, 15) is 9.50 Å². The van der Waals surface area contributed by atoms with Crippen molar-refractivity contribution in [3.05, 3.63) is 59.7 Å². The molecule has 1 aromatic heterocycles. The molecule has 0 saturated carbocycles. The van der Waals surface area contributed by atoms with Crippen LogP contribution in [0.5, 0.6) is 0 Å². The van der Waals surface area contributed by atoms with Gasteiger partial charge in [0.05, 0.1) is 12.6 Å². The summed E-state index contributed by atoms with van der Waals surface area (Å²) in [6.45, 7) is 6.49. The smallest absolute Gasteiger partial charge is 0.128 e. The van der Waals surface area contributed by atoms with Gasteiger partial charge in [0.1, 0.15) is 5.82 Å². The minimum atomic E-state index is -0.179. The summed E-state index contributed by atoms with van der Waals surface area (Å²) in [5, 5.41) is 9.92. The van der Waals surface area contributed by atoms with Crippen LogP contribution >= 0.6 is 0 Å². The Morgan fingerprint density at radius 1 is 1.08 bits per heavy atom. The van der Waals surface area contributed by atoms with Crippen LogP contribution in [0.25, 0.3) is 0 Å². The van der Waals surface area contributed by atoms with Crippen LogP contribution in [-0.2, 0) is 13.1 Å². The van der Waals surface area contributed by atoms with Gasteiger partial charge in [-0.3, -0.25) is 9.80 Å². The largest absolute Gasteiger partial charge is 0.392 e. The molecule has 5 heteroatoms. The van der Waals surface area contributed by atoms with Crippen molar-refractivity contribution < 1.29 is 9.50 Å². The first-order chi connectivity index (χ1) is 12.1. The van der Waals surface area contributed by atoms with E-state index in [1.807, 2.05) is 24.4 Å². The van der Waals surface area contributed by atoms with Gasteiger partial charge in [0.25, 0.3) is 0 Å². The summed E-state index contributed by atoms with van der Waals surface area (Å²) in [4.78, 5) is 4.91. The van der Waals surface area contributed by atoms with E-state index >= 15 is 0 Å². The first-order valence-electron chi connectivity index (χ1n) is 9.13. The third-order valence-electron chi connectivity index (χ3n) is 5.66. The number of nitrogens with zero attached hydrogens (tertiary/aromatic N) is 3. The molecule has 0 radical (unpaired) electrons. The minimum Gasteiger partial charge on any atom is -0.392 e. The monoisotopic (exact) mass is 343 g/mol. The van der Waals surface area contributed by atoms with Gasteiger partial charge < -0.3 is 9.67 Å². The van der Waals surface area contributed by atoms with E-state index in [4.69, 9.17) is 0 Å². The summed E-state index contributed by atoms with van der Waals surface area (Å²) in [5.74, 6) is -0.149. The standard InChI is InChI=1S/C20H26FN3O/c1-15-10-24-14-19(25)9-18(24)13-23(15)12-17-6-4-8-22(17)11-16-5-2-3-7-20(16)21/h2-8,15,18-19,25H,9-14H2,1H3/t15-,18-,19+/m0/s1. The predicted octanol–water partition coefficient (Wildman–Crippen LogP) is 2.31. The molecule has 0 unspecified atom stereocenters. The SMILES string of the molecule is C[C@H]1CN2C[C@H](O)C[C@H]2CN1Cc1cccn1Cc1ccccc1F. The molecule has 3 heterocycles. The zero-order valence-electron chi connectivity index (χ0n) is 14.7. The summed E-state index contributed by atoms with van der Waals surface area (Å²) in [5.41, 5.74) is 1.93. The van der Waals surface area contributed by atoms with E-state index in [2.05, 4.69) is 27.4 Å². The minimum absolute atomic E-state index is 0.149. The Hall–Kier alpha value is -1.69. The van der Waals surface area contributed by atoms with Crippen molar-refractivity contribution in [1.82, 2.24) is 14.4 Å². The average Bonchev–Trinajstić information content (AvgIpc) is 3.15. The van der Waals surface area contributed by atoms with Gasteiger partial charge in [-0.15, -0.1) is 0 Å². The first kappa shape index (κ1) is 16.8. The highest BCUT2D eigenvalue weighted by atomic mass is 19.1. The second-order valence-corrected chi connectivity index (χ2v) is 7.49. The maximum Gasteiger partial charge on any atom is 0.128 e. The Morgan fingerprint density at radius 2 is 1.92 bits per heavy atom. The Labute approximate surface area is 148 Å². The molecule has 0 bridgehead atoms. The van der Waals surface area contributed by atoms with Gasteiger partial charge in [0.15, 0.2) is 0 Å². The number of aliphatic hydroxyl groups is 1. The molecule has 134 valence electrons. The van der Waals surface area contributed by atoms with Crippen molar-refractivity contribution in [2.45, 2.75) is 44.6 Å². The van der Waals surface area contributed by atoms with Crippen LogP contribution in [-0.4, -0.2) is 57.3 Å². The normalized spacial score (nSPS) is 27.6. The van der Waals surface area contributed by atoms with Crippen molar-refractivity contribution in [2.24, 2.45) is 0 Å². The Bertz CT molecular complexity index is 731. The molecular formula is C20H26FN3O. The molecule has 2 aliphatic heterocycles. The third kappa shape index (κ3) is 3.50. The summed E-state index contributed by atoms with van der Waals surface area (Å²) < 4.78 is 16.1. The topological polar surface area (TPSA) is 31.6 Å². The summed E-state index contributed by atoms with van der Waals surface area (Å²) >= 11 is 0. The van der Waals surface area contributed by atoms with Crippen LogP contribution < -0.4 is 0 Å². The second kappa shape index (κ2) is 6.90. The maximum absolute atomic E-state index is 14.0. The van der Waals surface area contributed by atoms with Crippen LogP contribution in [0.4, 0.5) is 4.39 Å². The van der Waals surface area contributed by atoms with Crippen LogP contribution in [0, 0.1) is 5.82 Å². The van der Waals surface area contributed by atoms with E-state index in [0.29, 0.717) is 18.6 Å². The van der Waals surface area contributed by atoms with Gasteiger partial charge >= 0.3 is 0 Å². The second-order valence-electron chi connectivity index (χ2n) is 7.49. The highest BCUT2D eigenvalue weighted by molar-refractivity contribution is 5.19. The molecule has 0 spiro atoms. The van der Waals surface area contributed by atoms with E-state index in [1.165, 1.54) is 11.8 Å². The highest BCUT2D eigenvalue weighted by Gasteiger charge is 2.38. The summed E-state index contributed by atoms with van der Waals surface area (Å²) in [6.07, 6.45) is 2.73. The van der Waals surface area contributed by atoms with E-state index in [0.717, 1.165) is 38.2 Å². The molecular weight excluding hydrogens is 317 g/mol. The van der Waals surface area contributed by atoms with Gasteiger partial charge in [-0.1, -0.05) is 18.2 Å². The Balaban J connectivity index is 1.47. The zero-order chi connectivity index (χ0) is 17.4. The molecule has 1 N–H and O–H groups in total. The van der Waals surface area contributed by atoms with Crippen LogP contribution in [0.1, 0.15) is 24.6 Å². The Kier molecular flexibility index (Phi) is 4.63.